The maximum absolute atomic E-state index is 12.7. The van der Waals surface area contributed by atoms with E-state index in [4.69, 9.17) is 4.74 Å². The molecule has 2 nitrogen and oxygen atoms in total. The molecule has 0 fully saturated rings. The molecule has 17 rings (SSSR count). The van der Waals surface area contributed by atoms with E-state index in [-0.39, 0.29) is 23.2 Å². The highest BCUT2D eigenvalue weighted by Gasteiger charge is 2.64. The first-order valence-electron chi connectivity index (χ1n) is 20.3. The fourth-order valence-corrected chi connectivity index (χ4v) is 16.1. The topological polar surface area (TPSA) is 26.3 Å². The molecule has 5 aromatic rings. The SMILES string of the molecule is COC(=O)CCCC(c1ccccc1)C12c3c4c5c6c7c8c9c%10c%11c%12c8c8c%13c%14c(c1c8c37)C1=CC2C=C4CC5=CC(C=C%10CC%11=CC(C=C%14C1)C%12%13)C96. The van der Waals surface area contributed by atoms with E-state index >= 15 is 0 Å². The Morgan fingerprint density at radius 2 is 1.08 bits per heavy atom. The van der Waals surface area contributed by atoms with Crippen molar-refractivity contribution in [2.75, 3.05) is 7.11 Å². The van der Waals surface area contributed by atoms with E-state index in [1.165, 1.54) is 12.7 Å². The van der Waals surface area contributed by atoms with Gasteiger partial charge >= 0.3 is 5.97 Å². The van der Waals surface area contributed by atoms with Crippen LogP contribution >= 0.6 is 0 Å². The Hall–Kier alpha value is -5.21. The third-order valence-electron chi connectivity index (χ3n) is 17.0. The number of allylic oxidation sites excluding steroid dienone is 12. The molecule has 12 aliphatic rings. The number of methoxy groups -OCH3 is 1. The van der Waals surface area contributed by atoms with Gasteiger partial charge in [0, 0.05) is 41.4 Å². The summed E-state index contributed by atoms with van der Waals surface area (Å²) in [5, 5.41) is 9.98. The average molecular weight is 677 g/mol. The lowest BCUT2D eigenvalue weighted by molar-refractivity contribution is -0.140. The zero-order chi connectivity index (χ0) is 33.7. The van der Waals surface area contributed by atoms with Gasteiger partial charge in [0.2, 0.25) is 0 Å². The van der Waals surface area contributed by atoms with Crippen LogP contribution in [0.3, 0.4) is 0 Å². The van der Waals surface area contributed by atoms with E-state index in [0.29, 0.717) is 30.1 Å². The van der Waals surface area contributed by atoms with Gasteiger partial charge in [-0.2, -0.15) is 0 Å². The van der Waals surface area contributed by atoms with Crippen molar-refractivity contribution in [3.8, 4) is 0 Å². The zero-order valence-corrected chi connectivity index (χ0v) is 29.4. The first-order chi connectivity index (χ1) is 26.2. The van der Waals surface area contributed by atoms with Crippen molar-refractivity contribution < 1.29 is 9.53 Å². The first-order valence-corrected chi connectivity index (χ1v) is 20.3. The third-order valence-corrected chi connectivity index (χ3v) is 17.0. The first kappa shape index (κ1) is 25.7. The molecule has 0 spiro atoms. The maximum Gasteiger partial charge on any atom is 0.305 e. The van der Waals surface area contributed by atoms with Crippen molar-refractivity contribution in [2.45, 2.75) is 61.7 Å². The summed E-state index contributed by atoms with van der Waals surface area (Å²) in [6.07, 6.45) is 22.0. The third kappa shape index (κ3) is 2.20. The number of ether oxygens (including phenoxy) is 1. The van der Waals surface area contributed by atoms with E-state index in [1.807, 2.05) is 0 Å². The number of hydrogen-bond acceptors (Lipinski definition) is 2. The van der Waals surface area contributed by atoms with Crippen molar-refractivity contribution in [1.82, 2.24) is 0 Å². The lowest BCUT2D eigenvalue weighted by Gasteiger charge is -2.50. The minimum atomic E-state index is -0.218. The smallest absolute Gasteiger partial charge is 0.305 e. The molecule has 0 aliphatic heterocycles. The molecule has 0 aromatic heterocycles. The minimum Gasteiger partial charge on any atom is -0.469 e. The van der Waals surface area contributed by atoms with E-state index in [1.54, 1.807) is 133 Å². The summed E-state index contributed by atoms with van der Waals surface area (Å²) >= 11 is 0. The largest absolute Gasteiger partial charge is 0.469 e. The molecule has 0 N–H and O–H groups in total. The van der Waals surface area contributed by atoms with Gasteiger partial charge in [0.1, 0.15) is 0 Å². The van der Waals surface area contributed by atoms with Gasteiger partial charge in [-0.1, -0.05) is 66.8 Å². The molecule has 0 radical (unpaired) electrons. The molecule has 0 saturated heterocycles. The summed E-state index contributed by atoms with van der Waals surface area (Å²) < 4.78 is 5.23. The highest BCUT2D eigenvalue weighted by Crippen LogP contribution is 2.79. The summed E-state index contributed by atoms with van der Waals surface area (Å²) in [6, 6.07) is 11.5. The number of benzene rings is 5. The van der Waals surface area contributed by atoms with Crippen molar-refractivity contribution >= 4 is 71.7 Å². The molecule has 0 bridgehead atoms. The van der Waals surface area contributed by atoms with Crippen LogP contribution in [0.15, 0.2) is 66.8 Å². The van der Waals surface area contributed by atoms with Crippen LogP contribution in [0.2, 0.25) is 0 Å². The van der Waals surface area contributed by atoms with Crippen LogP contribution in [0.4, 0.5) is 0 Å². The highest BCUT2D eigenvalue weighted by atomic mass is 16.5. The van der Waals surface area contributed by atoms with Gasteiger partial charge in [0.25, 0.3) is 0 Å². The van der Waals surface area contributed by atoms with Gasteiger partial charge in [-0.3, -0.25) is 4.79 Å². The standard InChI is InChI=1S/C51H32O2/c1-53-30(52)9-5-8-29(19-6-3-2-4-7-19)51-28-17-26-15-22-13-24-11-20-10-21-12-25-14-23-16-27(18-28)38-34(23)42-36(25)40-32(21)31(20)39-35(24)41-33(22)37(26)49(51)47-45(41)43(39)44(40)46(42)48(47)50(38)51/h2-4,6-7,11-14,17-18,24-25,28-29,35-36H,5,8-10,15-16H2,1H3. The summed E-state index contributed by atoms with van der Waals surface area (Å²) in [5.74, 6) is 2.21. The molecular weight excluding hydrogens is 645 g/mol. The van der Waals surface area contributed by atoms with Crippen molar-refractivity contribution in [3.63, 3.8) is 0 Å². The van der Waals surface area contributed by atoms with Gasteiger partial charge in [-0.25, -0.2) is 0 Å². The molecular formula is C51H32O2. The van der Waals surface area contributed by atoms with Gasteiger partial charge in [0.05, 0.1) is 7.11 Å². The Morgan fingerprint density at radius 1 is 0.623 bits per heavy atom. The second-order valence-electron chi connectivity index (χ2n) is 18.5. The Bertz CT molecular complexity index is 3010. The van der Waals surface area contributed by atoms with E-state index in [9.17, 15) is 4.79 Å². The number of esters is 1. The van der Waals surface area contributed by atoms with E-state index in [2.05, 4.69) is 66.8 Å². The second-order valence-corrected chi connectivity index (χ2v) is 18.5. The number of hydrogen-bond donors (Lipinski definition) is 0. The van der Waals surface area contributed by atoms with Crippen molar-refractivity contribution in [2.24, 2.45) is 17.8 Å². The molecule has 2 heteroatoms. The molecule has 5 unspecified atom stereocenters. The Kier molecular flexibility index (Phi) is 3.61. The van der Waals surface area contributed by atoms with E-state index < -0.39 is 0 Å². The normalized spacial score (nSPS) is 30.5. The predicted octanol–water partition coefficient (Wildman–Crippen LogP) is 11.2. The van der Waals surface area contributed by atoms with Crippen LogP contribution in [0.5, 0.6) is 0 Å². The number of rotatable bonds is 6. The van der Waals surface area contributed by atoms with E-state index in [0.717, 1.165) is 32.1 Å². The molecule has 248 valence electrons. The Labute approximate surface area is 305 Å². The Morgan fingerprint density at radius 3 is 1.57 bits per heavy atom. The maximum atomic E-state index is 12.7. The summed E-state index contributed by atoms with van der Waals surface area (Å²) in [5.41, 5.74) is 30.9. The number of carbonyl (C=O) groups is 1. The van der Waals surface area contributed by atoms with Crippen molar-refractivity contribution in [3.05, 3.63) is 139 Å². The summed E-state index contributed by atoms with van der Waals surface area (Å²) in [4.78, 5) is 12.7. The molecule has 0 saturated carbocycles. The lowest BCUT2D eigenvalue weighted by atomic mass is 9.51. The lowest BCUT2D eigenvalue weighted by Crippen LogP contribution is -2.44. The van der Waals surface area contributed by atoms with Gasteiger partial charge in [-0.05, 0) is 176 Å². The average Bonchev–Trinajstić information content (AvgIpc) is 4.00. The van der Waals surface area contributed by atoms with Gasteiger partial charge in [0.15, 0.2) is 0 Å². The fraction of sp³-hybridized carbons (Fsp3) is 0.275. The molecule has 53 heavy (non-hydrogen) atoms. The monoisotopic (exact) mass is 676 g/mol. The van der Waals surface area contributed by atoms with Crippen LogP contribution in [-0.2, 0) is 14.9 Å². The van der Waals surface area contributed by atoms with Crippen LogP contribution < -0.4 is 0 Å². The molecule has 0 heterocycles. The van der Waals surface area contributed by atoms with Crippen molar-refractivity contribution in [1.29, 1.82) is 0 Å². The van der Waals surface area contributed by atoms with Gasteiger partial charge in [-0.15, -0.1) is 0 Å². The Balaban J connectivity index is 1.15. The van der Waals surface area contributed by atoms with Crippen LogP contribution in [0.25, 0.3) is 65.8 Å². The molecule has 5 atom stereocenters. The fourth-order valence-electron chi connectivity index (χ4n) is 16.1. The summed E-state index contributed by atoms with van der Waals surface area (Å²) in [6.45, 7) is 0. The highest BCUT2D eigenvalue weighted by molar-refractivity contribution is 6.39. The number of carbonyl (C=O) groups excluding carboxylic acids is 1. The quantitative estimate of drug-likeness (QED) is 0.132. The second kappa shape index (κ2) is 7.45. The zero-order valence-electron chi connectivity index (χ0n) is 29.4. The van der Waals surface area contributed by atoms with Gasteiger partial charge < -0.3 is 4.74 Å². The van der Waals surface area contributed by atoms with Crippen LogP contribution in [-0.4, -0.2) is 13.1 Å². The molecule has 5 aromatic carbocycles. The molecule has 12 aliphatic carbocycles. The van der Waals surface area contributed by atoms with Crippen LogP contribution in [0, 0.1) is 17.8 Å². The minimum absolute atomic E-state index is 0.0934. The molecule has 0 amide bonds. The predicted molar refractivity (Wildman–Crippen MR) is 211 cm³/mol. The van der Waals surface area contributed by atoms with Crippen LogP contribution in [0.1, 0.15) is 129 Å². The summed E-state index contributed by atoms with van der Waals surface area (Å²) in [7, 11) is 1.54.